The van der Waals surface area contributed by atoms with E-state index in [1.54, 1.807) is 6.20 Å². The standard InChI is InChI=1S/C14H10N2O/c17-13(10-5-2-1-3-6-10)12-9-11-7-4-8-15-14(11)16-12/h1-9,12H/t12-/m1/s1. The summed E-state index contributed by atoms with van der Waals surface area (Å²) in [6.45, 7) is 0. The maximum absolute atomic E-state index is 12.2. The highest BCUT2D eigenvalue weighted by atomic mass is 16.1. The molecule has 3 heteroatoms. The summed E-state index contributed by atoms with van der Waals surface area (Å²) >= 11 is 0. The summed E-state index contributed by atoms with van der Waals surface area (Å²) in [5, 5.41) is 0.932. The van der Waals surface area contributed by atoms with Gasteiger partial charge in [-0.2, -0.15) is 0 Å². The van der Waals surface area contributed by atoms with Gasteiger partial charge < -0.3 is 0 Å². The average Bonchev–Trinajstić information content (AvgIpc) is 2.82. The molecule has 17 heavy (non-hydrogen) atoms. The lowest BCUT2D eigenvalue weighted by Crippen LogP contribution is -2.23. The number of carbonyl (C=O) groups excluding carboxylic acids is 1. The highest BCUT2D eigenvalue weighted by Crippen LogP contribution is 2.08. The quantitative estimate of drug-likeness (QED) is 0.703. The molecule has 0 saturated carbocycles. The van der Waals surface area contributed by atoms with Gasteiger partial charge in [0, 0.05) is 17.0 Å². The van der Waals surface area contributed by atoms with E-state index in [4.69, 9.17) is 0 Å². The Kier molecular flexibility index (Phi) is 2.29. The van der Waals surface area contributed by atoms with Gasteiger partial charge in [-0.05, 0) is 18.2 Å². The number of benzene rings is 1. The number of nitrogens with zero attached hydrogens (tertiary/aromatic N) is 2. The second-order valence-corrected chi connectivity index (χ2v) is 3.89. The average molecular weight is 222 g/mol. The first-order chi connectivity index (χ1) is 8.34. The number of aromatic nitrogens is 1. The molecular formula is C14H10N2O. The molecule has 0 saturated heterocycles. The molecule has 1 aliphatic rings. The lowest BCUT2D eigenvalue weighted by molar-refractivity contribution is 0.0983. The van der Waals surface area contributed by atoms with Gasteiger partial charge in [0.05, 0.1) is 0 Å². The van der Waals surface area contributed by atoms with Crippen molar-refractivity contribution in [1.29, 1.82) is 0 Å². The van der Waals surface area contributed by atoms with Crippen molar-refractivity contribution in [2.24, 2.45) is 4.99 Å². The first-order valence-electron chi connectivity index (χ1n) is 5.44. The van der Waals surface area contributed by atoms with E-state index in [0.717, 1.165) is 5.22 Å². The van der Waals surface area contributed by atoms with Crippen molar-refractivity contribution in [3.8, 4) is 0 Å². The van der Waals surface area contributed by atoms with Gasteiger partial charge in [-0.25, -0.2) is 4.98 Å². The minimum atomic E-state index is -0.428. The van der Waals surface area contributed by atoms with Crippen LogP contribution in [0.4, 0.5) is 0 Å². The van der Waals surface area contributed by atoms with E-state index in [1.807, 2.05) is 48.5 Å². The van der Waals surface area contributed by atoms with Gasteiger partial charge >= 0.3 is 0 Å². The molecule has 0 amide bonds. The Bertz CT molecular complexity index is 642. The van der Waals surface area contributed by atoms with Gasteiger partial charge in [0.2, 0.25) is 0 Å². The van der Waals surface area contributed by atoms with Crippen molar-refractivity contribution < 1.29 is 4.79 Å². The zero-order valence-electron chi connectivity index (χ0n) is 9.08. The summed E-state index contributed by atoms with van der Waals surface area (Å²) in [6, 6.07) is 12.6. The Hall–Kier alpha value is -2.29. The lowest BCUT2D eigenvalue weighted by Gasteiger charge is -2.02. The van der Waals surface area contributed by atoms with Crippen molar-refractivity contribution in [3.63, 3.8) is 0 Å². The highest BCUT2D eigenvalue weighted by molar-refractivity contribution is 6.04. The summed E-state index contributed by atoms with van der Waals surface area (Å²) < 4.78 is 0. The van der Waals surface area contributed by atoms with Crippen LogP contribution in [0.25, 0.3) is 6.08 Å². The van der Waals surface area contributed by atoms with Gasteiger partial charge in [-0.15, -0.1) is 0 Å². The van der Waals surface area contributed by atoms with Crippen molar-refractivity contribution in [1.82, 2.24) is 4.98 Å². The fraction of sp³-hybridized carbons (Fsp3) is 0.0714. The number of hydrogen-bond acceptors (Lipinski definition) is 3. The number of carbonyl (C=O) groups is 1. The van der Waals surface area contributed by atoms with Crippen LogP contribution in [0.2, 0.25) is 0 Å². The van der Waals surface area contributed by atoms with E-state index in [1.165, 1.54) is 0 Å². The molecule has 82 valence electrons. The van der Waals surface area contributed by atoms with Gasteiger partial charge in [0.1, 0.15) is 6.04 Å². The van der Waals surface area contributed by atoms with Crippen LogP contribution < -0.4 is 10.7 Å². The number of Topliss-reactive ketones (excluding diaryl/α,β-unsaturated/α-hetero) is 1. The summed E-state index contributed by atoms with van der Waals surface area (Å²) in [7, 11) is 0. The third kappa shape index (κ3) is 1.76. The molecule has 3 nitrogen and oxygen atoms in total. The van der Waals surface area contributed by atoms with E-state index in [-0.39, 0.29) is 5.78 Å². The molecule has 0 aliphatic carbocycles. The van der Waals surface area contributed by atoms with E-state index in [9.17, 15) is 4.79 Å². The summed E-state index contributed by atoms with van der Waals surface area (Å²) in [5.41, 5.74) is 1.34. The SMILES string of the molecule is O=C(c1ccccc1)[C@H]1C=c2cccnc2=N1. The molecular weight excluding hydrogens is 212 g/mol. The van der Waals surface area contributed by atoms with E-state index < -0.39 is 6.04 Å². The molecule has 2 heterocycles. The molecule has 2 aromatic rings. The molecule has 1 aromatic heterocycles. The van der Waals surface area contributed by atoms with Crippen LogP contribution in [0.1, 0.15) is 10.4 Å². The Morgan fingerprint density at radius 3 is 2.65 bits per heavy atom. The predicted octanol–water partition coefficient (Wildman–Crippen LogP) is 0.747. The molecule has 1 aromatic carbocycles. The monoisotopic (exact) mass is 222 g/mol. The molecule has 0 N–H and O–H groups in total. The summed E-state index contributed by atoms with van der Waals surface area (Å²) in [6.07, 6.45) is 3.54. The molecule has 0 fully saturated rings. The number of hydrogen-bond donors (Lipinski definition) is 0. The number of rotatable bonds is 2. The molecule has 1 atom stereocenters. The third-order valence-electron chi connectivity index (χ3n) is 2.74. The van der Waals surface area contributed by atoms with Crippen LogP contribution in [-0.4, -0.2) is 16.8 Å². The topological polar surface area (TPSA) is 42.3 Å². The van der Waals surface area contributed by atoms with Crippen molar-refractivity contribution >= 4 is 11.9 Å². The van der Waals surface area contributed by atoms with E-state index >= 15 is 0 Å². The number of ketones is 1. The molecule has 0 spiro atoms. The Morgan fingerprint density at radius 2 is 1.88 bits per heavy atom. The van der Waals surface area contributed by atoms with Crippen molar-refractivity contribution in [3.05, 3.63) is 64.9 Å². The van der Waals surface area contributed by atoms with E-state index in [2.05, 4.69) is 9.98 Å². The molecule has 0 bridgehead atoms. The van der Waals surface area contributed by atoms with Crippen LogP contribution >= 0.6 is 0 Å². The zero-order chi connectivity index (χ0) is 11.7. The third-order valence-corrected chi connectivity index (χ3v) is 2.74. The number of pyridine rings is 1. The summed E-state index contributed by atoms with van der Waals surface area (Å²) in [4.78, 5) is 20.6. The lowest BCUT2D eigenvalue weighted by atomic mass is 10.1. The first kappa shape index (κ1) is 9.90. The Morgan fingerprint density at radius 1 is 1.06 bits per heavy atom. The van der Waals surface area contributed by atoms with Gasteiger partial charge in [0.25, 0.3) is 0 Å². The predicted molar refractivity (Wildman–Crippen MR) is 64.0 cm³/mol. The normalized spacial score (nSPS) is 16.8. The van der Waals surface area contributed by atoms with Crippen LogP contribution in [0.5, 0.6) is 0 Å². The second-order valence-electron chi connectivity index (χ2n) is 3.89. The van der Waals surface area contributed by atoms with Gasteiger partial charge in [0.15, 0.2) is 11.3 Å². The molecule has 0 radical (unpaired) electrons. The number of fused-ring (bicyclic) bond motifs is 1. The maximum atomic E-state index is 12.2. The van der Waals surface area contributed by atoms with Crippen molar-refractivity contribution in [2.45, 2.75) is 6.04 Å². The zero-order valence-corrected chi connectivity index (χ0v) is 9.08. The smallest absolute Gasteiger partial charge is 0.191 e. The maximum Gasteiger partial charge on any atom is 0.191 e. The Balaban J connectivity index is 2.00. The first-order valence-corrected chi connectivity index (χ1v) is 5.44. The van der Waals surface area contributed by atoms with Crippen LogP contribution in [0.3, 0.4) is 0 Å². The molecule has 0 unspecified atom stereocenters. The second kappa shape index (κ2) is 3.94. The Labute approximate surface area is 98.2 Å². The van der Waals surface area contributed by atoms with E-state index in [0.29, 0.717) is 11.1 Å². The van der Waals surface area contributed by atoms with Crippen molar-refractivity contribution in [2.75, 3.05) is 0 Å². The fourth-order valence-corrected chi connectivity index (χ4v) is 1.89. The van der Waals surface area contributed by atoms with Gasteiger partial charge in [-0.1, -0.05) is 30.3 Å². The summed E-state index contributed by atoms with van der Waals surface area (Å²) in [5.74, 6) is 0.0172. The minimum absolute atomic E-state index is 0.0172. The fourth-order valence-electron chi connectivity index (χ4n) is 1.89. The highest BCUT2D eigenvalue weighted by Gasteiger charge is 2.19. The minimum Gasteiger partial charge on any atom is -0.291 e. The van der Waals surface area contributed by atoms with Crippen LogP contribution in [0, 0.1) is 0 Å². The largest absolute Gasteiger partial charge is 0.291 e. The van der Waals surface area contributed by atoms with Gasteiger partial charge in [-0.3, -0.25) is 9.79 Å². The van der Waals surface area contributed by atoms with Crippen LogP contribution in [-0.2, 0) is 0 Å². The molecule has 3 rings (SSSR count). The molecule has 1 aliphatic heterocycles. The van der Waals surface area contributed by atoms with Crippen LogP contribution in [0.15, 0.2) is 53.7 Å².